The number of benzene rings is 2. The molecule has 0 amide bonds. The highest BCUT2D eigenvalue weighted by atomic mass is 14.9. The summed E-state index contributed by atoms with van der Waals surface area (Å²) in [7, 11) is 2.22. The summed E-state index contributed by atoms with van der Waals surface area (Å²) >= 11 is 0. The van der Waals surface area contributed by atoms with E-state index in [0.717, 1.165) is 0 Å². The van der Waals surface area contributed by atoms with Crippen LogP contribution in [0, 0.1) is 26.2 Å². The van der Waals surface area contributed by atoms with Gasteiger partial charge in [-0.15, -0.1) is 0 Å². The van der Waals surface area contributed by atoms with Crippen LogP contribution in [0.3, 0.4) is 0 Å². The summed E-state index contributed by atoms with van der Waals surface area (Å²) in [6.07, 6.45) is 5.25. The predicted octanol–water partition coefficient (Wildman–Crippen LogP) is 6.94. The van der Waals surface area contributed by atoms with E-state index in [1.165, 1.54) is 64.5 Å². The molecular weight excluding hydrogens is 338 g/mol. The molecule has 28 heavy (non-hydrogen) atoms. The van der Waals surface area contributed by atoms with E-state index < -0.39 is 0 Å². The van der Waals surface area contributed by atoms with Gasteiger partial charge in [0.25, 0.3) is 0 Å². The van der Waals surface area contributed by atoms with E-state index in [9.17, 15) is 0 Å². The lowest BCUT2D eigenvalue weighted by Crippen LogP contribution is -2.33. The highest BCUT2D eigenvalue weighted by Gasteiger charge is 2.30. The maximum absolute atomic E-state index is 2.51. The van der Waals surface area contributed by atoms with Gasteiger partial charge in [0.2, 0.25) is 11.2 Å². The van der Waals surface area contributed by atoms with Crippen LogP contribution in [0.4, 0.5) is 0 Å². The summed E-state index contributed by atoms with van der Waals surface area (Å²) in [5, 5.41) is 1.43. The zero-order chi connectivity index (χ0) is 20.1. The molecule has 0 saturated heterocycles. The third-order valence-electron chi connectivity index (χ3n) is 7.10. The van der Waals surface area contributed by atoms with Crippen molar-refractivity contribution in [1.29, 1.82) is 0 Å². The summed E-state index contributed by atoms with van der Waals surface area (Å²) in [5.41, 5.74) is 10.2. The first-order valence-corrected chi connectivity index (χ1v) is 10.8. The van der Waals surface area contributed by atoms with Crippen LogP contribution in [0.2, 0.25) is 0 Å². The number of hydrogen-bond donors (Lipinski definition) is 0. The lowest BCUT2D eigenvalue weighted by molar-refractivity contribution is -0.633. The molecule has 1 aliphatic rings. The number of aryl methyl sites for hydroxylation is 3. The van der Waals surface area contributed by atoms with E-state index in [4.69, 9.17) is 0 Å². The molecule has 0 radical (unpaired) electrons. The number of rotatable bonds is 2. The first-order chi connectivity index (χ1) is 13.3. The predicted molar refractivity (Wildman–Crippen MR) is 120 cm³/mol. The zero-order valence-electron chi connectivity index (χ0n) is 18.4. The maximum Gasteiger partial charge on any atom is 0.213 e. The molecule has 0 unspecified atom stereocenters. The molecule has 146 valence electrons. The van der Waals surface area contributed by atoms with Gasteiger partial charge in [-0.2, -0.15) is 4.57 Å². The van der Waals surface area contributed by atoms with Crippen molar-refractivity contribution in [1.82, 2.24) is 0 Å². The second-order valence-corrected chi connectivity index (χ2v) is 9.75. The van der Waals surface area contributed by atoms with Gasteiger partial charge >= 0.3 is 0 Å². The van der Waals surface area contributed by atoms with Crippen molar-refractivity contribution < 1.29 is 4.57 Å². The van der Waals surface area contributed by atoms with Gasteiger partial charge in [-0.3, -0.25) is 0 Å². The van der Waals surface area contributed by atoms with Gasteiger partial charge in [-0.1, -0.05) is 37.6 Å². The molecule has 1 saturated carbocycles. The summed E-state index contributed by atoms with van der Waals surface area (Å²) in [4.78, 5) is 0. The summed E-state index contributed by atoms with van der Waals surface area (Å²) in [5.74, 6) is 0.670. The average Bonchev–Trinajstić information content (AvgIpc) is 2.66. The summed E-state index contributed by atoms with van der Waals surface area (Å²) in [6, 6.07) is 16.1. The van der Waals surface area contributed by atoms with Crippen molar-refractivity contribution in [2.24, 2.45) is 12.5 Å². The molecule has 1 aromatic heterocycles. The SMILES string of the molecule is Cc1cc(C)c(C)c(-c2cc(C3CCC(C)(C)CC3)c3ccccc3[n+]2C)c1. The minimum absolute atomic E-state index is 0.499. The molecule has 2 aromatic carbocycles. The van der Waals surface area contributed by atoms with Crippen molar-refractivity contribution in [2.75, 3.05) is 0 Å². The van der Waals surface area contributed by atoms with Gasteiger partial charge in [0.05, 0.1) is 0 Å². The largest absolute Gasteiger partial charge is 0.213 e. The maximum atomic E-state index is 2.51. The lowest BCUT2D eigenvalue weighted by Gasteiger charge is -2.34. The number of pyridine rings is 1. The van der Waals surface area contributed by atoms with E-state index >= 15 is 0 Å². The molecule has 3 aromatic rings. The molecule has 4 rings (SSSR count). The second kappa shape index (κ2) is 7.03. The number of hydrogen-bond acceptors (Lipinski definition) is 0. The molecule has 1 heterocycles. The summed E-state index contributed by atoms with van der Waals surface area (Å²) < 4.78 is 2.40. The number of fused-ring (bicyclic) bond motifs is 1. The van der Waals surface area contributed by atoms with Crippen LogP contribution in [-0.2, 0) is 7.05 Å². The quantitative estimate of drug-likeness (QED) is 0.429. The highest BCUT2D eigenvalue weighted by Crippen LogP contribution is 2.44. The molecular formula is C27H34N+. The van der Waals surface area contributed by atoms with Crippen LogP contribution in [0.5, 0.6) is 0 Å². The van der Waals surface area contributed by atoms with E-state index in [1.54, 1.807) is 5.56 Å². The standard InChI is InChI=1S/C27H34N/c1-18-15-19(2)20(3)23(16-18)26-17-24(21-11-13-27(4,5)14-12-21)22-9-7-8-10-25(22)28(26)6/h7-10,15-17,21H,11-14H2,1-6H3/q+1. The Labute approximate surface area is 170 Å². The fraction of sp³-hybridized carbons (Fsp3) is 0.444. The normalized spacial score (nSPS) is 17.2. The smallest absolute Gasteiger partial charge is 0.194 e. The van der Waals surface area contributed by atoms with Crippen molar-refractivity contribution >= 4 is 10.9 Å². The molecule has 0 bridgehead atoms. The first kappa shape index (κ1) is 19.2. The monoisotopic (exact) mass is 372 g/mol. The van der Waals surface area contributed by atoms with Gasteiger partial charge in [-0.05, 0) is 86.6 Å². The fourth-order valence-electron chi connectivity index (χ4n) is 5.07. The number of para-hydroxylation sites is 1. The molecule has 0 aliphatic heterocycles. The van der Waals surface area contributed by atoms with Crippen molar-refractivity contribution in [3.05, 3.63) is 64.7 Å². The van der Waals surface area contributed by atoms with Crippen LogP contribution in [0.1, 0.15) is 67.7 Å². The van der Waals surface area contributed by atoms with Crippen LogP contribution in [0.15, 0.2) is 42.5 Å². The summed E-state index contributed by atoms with van der Waals surface area (Å²) in [6.45, 7) is 11.6. The average molecular weight is 373 g/mol. The topological polar surface area (TPSA) is 3.88 Å². The third-order valence-corrected chi connectivity index (χ3v) is 7.10. The van der Waals surface area contributed by atoms with E-state index in [0.29, 0.717) is 11.3 Å². The highest BCUT2D eigenvalue weighted by molar-refractivity contribution is 5.82. The minimum atomic E-state index is 0.499. The van der Waals surface area contributed by atoms with Gasteiger partial charge in [0.1, 0.15) is 7.05 Å². The van der Waals surface area contributed by atoms with E-state index in [1.807, 2.05) is 0 Å². The van der Waals surface area contributed by atoms with Gasteiger partial charge in [-0.25, -0.2) is 0 Å². The van der Waals surface area contributed by atoms with Crippen molar-refractivity contribution in [3.8, 4) is 11.3 Å². The second-order valence-electron chi connectivity index (χ2n) is 9.75. The molecule has 0 N–H and O–H groups in total. The third kappa shape index (κ3) is 3.36. The number of aromatic nitrogens is 1. The van der Waals surface area contributed by atoms with Crippen molar-refractivity contribution in [3.63, 3.8) is 0 Å². The van der Waals surface area contributed by atoms with E-state index in [-0.39, 0.29) is 0 Å². The molecule has 1 aliphatic carbocycles. The molecule has 1 nitrogen and oxygen atoms in total. The Morgan fingerprint density at radius 3 is 2.32 bits per heavy atom. The van der Waals surface area contributed by atoms with E-state index in [2.05, 4.69) is 88.7 Å². The Morgan fingerprint density at radius 1 is 0.929 bits per heavy atom. The Kier molecular flexibility index (Phi) is 4.81. The number of nitrogens with zero attached hydrogens (tertiary/aromatic N) is 1. The molecule has 0 spiro atoms. The Morgan fingerprint density at radius 2 is 1.61 bits per heavy atom. The Hall–Kier alpha value is -2.15. The van der Waals surface area contributed by atoms with Crippen LogP contribution >= 0.6 is 0 Å². The lowest BCUT2D eigenvalue weighted by atomic mass is 9.71. The fourth-order valence-corrected chi connectivity index (χ4v) is 5.07. The molecule has 1 fully saturated rings. The van der Waals surface area contributed by atoms with Gasteiger partial charge < -0.3 is 0 Å². The molecule has 1 heteroatoms. The van der Waals surface area contributed by atoms with Gasteiger partial charge in [0.15, 0.2) is 0 Å². The van der Waals surface area contributed by atoms with Crippen LogP contribution in [0.25, 0.3) is 22.2 Å². The minimum Gasteiger partial charge on any atom is -0.194 e. The first-order valence-electron chi connectivity index (χ1n) is 10.8. The van der Waals surface area contributed by atoms with Gasteiger partial charge in [0, 0.05) is 23.1 Å². The zero-order valence-corrected chi connectivity index (χ0v) is 18.4. The Bertz CT molecular complexity index is 1030. The van der Waals surface area contributed by atoms with Crippen molar-refractivity contribution in [2.45, 2.75) is 66.2 Å². The van der Waals surface area contributed by atoms with Crippen LogP contribution < -0.4 is 4.57 Å². The van der Waals surface area contributed by atoms with Crippen LogP contribution in [-0.4, -0.2) is 0 Å². The Balaban J connectivity index is 1.93. The molecule has 0 atom stereocenters.